The van der Waals surface area contributed by atoms with Crippen molar-refractivity contribution in [3.05, 3.63) is 66.2 Å². The molecule has 0 radical (unpaired) electrons. The number of esters is 1. The van der Waals surface area contributed by atoms with Crippen LogP contribution in [0, 0.1) is 0 Å². The molecule has 8 heteroatoms. The van der Waals surface area contributed by atoms with Crippen molar-refractivity contribution in [2.75, 3.05) is 39.2 Å². The molecule has 0 unspecified atom stereocenters. The Morgan fingerprint density at radius 1 is 1.06 bits per heavy atom. The Hall–Kier alpha value is -2.74. The van der Waals surface area contributed by atoms with Gasteiger partial charge in [0.15, 0.2) is 6.10 Å². The monoisotopic (exact) mass is 514 g/mol. The highest BCUT2D eigenvalue weighted by Crippen LogP contribution is 2.49. The molecule has 0 aliphatic carbocycles. The van der Waals surface area contributed by atoms with Gasteiger partial charge in [0, 0.05) is 18.4 Å². The number of amides is 1. The summed E-state index contributed by atoms with van der Waals surface area (Å²) in [7, 11) is 5.65. The van der Waals surface area contributed by atoms with Crippen LogP contribution in [0.2, 0.25) is 0 Å². The first kappa shape index (κ1) is 26.9. The van der Waals surface area contributed by atoms with Gasteiger partial charge >= 0.3 is 5.97 Å². The lowest BCUT2D eigenvalue weighted by molar-refractivity contribution is -0.152. The van der Waals surface area contributed by atoms with Crippen LogP contribution >= 0.6 is 24.2 Å². The van der Waals surface area contributed by atoms with Crippen LogP contribution in [0.5, 0.6) is 5.75 Å². The van der Waals surface area contributed by atoms with E-state index in [9.17, 15) is 9.59 Å². The van der Waals surface area contributed by atoms with Gasteiger partial charge in [0.05, 0.1) is 18.0 Å². The molecule has 0 saturated carbocycles. The molecule has 0 spiro atoms. The molecule has 1 amide bonds. The number of nitrogens with zero attached hydrogens (tertiary/aromatic N) is 2. The Balaban J connectivity index is 0.00000342. The predicted octanol–water partition coefficient (Wildman–Crippen LogP) is 5.33. The molecule has 0 saturated heterocycles. The number of carbonyl (C=O) groups is 2. The zero-order valence-electron chi connectivity index (χ0n) is 20.4. The molecule has 35 heavy (non-hydrogen) atoms. The van der Waals surface area contributed by atoms with E-state index in [-0.39, 0.29) is 18.3 Å². The lowest BCUT2D eigenvalue weighted by Crippen LogP contribution is -2.43. The lowest BCUT2D eigenvalue weighted by atomic mass is 10.0. The van der Waals surface area contributed by atoms with E-state index in [1.807, 2.05) is 56.6 Å². The first-order valence-corrected chi connectivity index (χ1v) is 12.2. The van der Waals surface area contributed by atoms with Crippen molar-refractivity contribution in [3.8, 4) is 5.75 Å². The highest BCUT2D eigenvalue weighted by Gasteiger charge is 2.41. The third-order valence-electron chi connectivity index (χ3n) is 5.90. The minimum absolute atomic E-state index is 0. The van der Waals surface area contributed by atoms with Gasteiger partial charge < -0.3 is 19.3 Å². The Bertz CT molecular complexity index is 1190. The zero-order chi connectivity index (χ0) is 24.2. The molecule has 4 rings (SSSR count). The van der Waals surface area contributed by atoms with E-state index < -0.39 is 17.3 Å². The SMILES string of the molecule is COc1ccc([C@@H]2Sc3c(ccc4ccccc34)N(CCCN(C)C)C(=O)[C@@H]2OC(C)=O)cc1.Cl. The van der Waals surface area contributed by atoms with Crippen LogP contribution < -0.4 is 9.64 Å². The molecular weight excluding hydrogens is 484 g/mol. The summed E-state index contributed by atoms with van der Waals surface area (Å²) in [5.74, 6) is 0.0618. The summed E-state index contributed by atoms with van der Waals surface area (Å²) >= 11 is 1.58. The minimum Gasteiger partial charge on any atom is -0.497 e. The summed E-state index contributed by atoms with van der Waals surface area (Å²) in [5.41, 5.74) is 1.76. The van der Waals surface area contributed by atoms with E-state index in [0.29, 0.717) is 6.54 Å². The summed E-state index contributed by atoms with van der Waals surface area (Å²) < 4.78 is 11.0. The number of hydrogen-bond acceptors (Lipinski definition) is 6. The van der Waals surface area contributed by atoms with Crippen molar-refractivity contribution in [1.29, 1.82) is 0 Å². The Morgan fingerprint density at radius 2 is 1.77 bits per heavy atom. The summed E-state index contributed by atoms with van der Waals surface area (Å²) in [4.78, 5) is 31.0. The van der Waals surface area contributed by atoms with Gasteiger partial charge in [-0.05, 0) is 61.6 Å². The largest absolute Gasteiger partial charge is 0.497 e. The number of rotatable bonds is 7. The van der Waals surface area contributed by atoms with Gasteiger partial charge in [-0.2, -0.15) is 0 Å². The Morgan fingerprint density at radius 3 is 2.43 bits per heavy atom. The molecule has 1 aliphatic rings. The first-order chi connectivity index (χ1) is 16.4. The van der Waals surface area contributed by atoms with Gasteiger partial charge in [-0.1, -0.05) is 42.5 Å². The normalized spacial score (nSPS) is 17.5. The number of halogens is 1. The van der Waals surface area contributed by atoms with Gasteiger partial charge in [-0.25, -0.2) is 0 Å². The van der Waals surface area contributed by atoms with Gasteiger partial charge in [0.1, 0.15) is 5.75 Å². The minimum atomic E-state index is -0.943. The number of anilines is 1. The average Bonchev–Trinajstić information content (AvgIpc) is 2.94. The number of ether oxygens (including phenoxy) is 2. The van der Waals surface area contributed by atoms with Crippen molar-refractivity contribution < 1.29 is 19.1 Å². The zero-order valence-corrected chi connectivity index (χ0v) is 22.0. The van der Waals surface area contributed by atoms with Crippen molar-refractivity contribution >= 4 is 52.5 Å². The van der Waals surface area contributed by atoms with Crippen LogP contribution in [-0.2, 0) is 14.3 Å². The number of methoxy groups -OCH3 is 1. The van der Waals surface area contributed by atoms with Crippen molar-refractivity contribution in [1.82, 2.24) is 4.90 Å². The third kappa shape index (κ3) is 5.92. The highest BCUT2D eigenvalue weighted by molar-refractivity contribution is 8.00. The van der Waals surface area contributed by atoms with Crippen LogP contribution in [0.25, 0.3) is 10.8 Å². The smallest absolute Gasteiger partial charge is 0.303 e. The predicted molar refractivity (Wildman–Crippen MR) is 144 cm³/mol. The van der Waals surface area contributed by atoms with E-state index in [0.717, 1.165) is 45.6 Å². The number of thioether (sulfide) groups is 1. The molecule has 3 aromatic carbocycles. The van der Waals surface area contributed by atoms with Crippen LogP contribution in [0.1, 0.15) is 24.2 Å². The molecule has 1 aliphatic heterocycles. The van der Waals surface area contributed by atoms with Gasteiger partial charge in [-0.15, -0.1) is 24.2 Å². The second kappa shape index (κ2) is 11.8. The molecule has 0 bridgehead atoms. The fourth-order valence-electron chi connectivity index (χ4n) is 4.26. The van der Waals surface area contributed by atoms with Crippen molar-refractivity contribution in [3.63, 3.8) is 0 Å². The number of benzene rings is 3. The molecule has 0 N–H and O–H groups in total. The Kier molecular flexibility index (Phi) is 9.05. The van der Waals surface area contributed by atoms with Crippen LogP contribution in [0.4, 0.5) is 5.69 Å². The molecule has 2 atom stereocenters. The van der Waals surface area contributed by atoms with Crippen LogP contribution in [-0.4, -0.2) is 57.2 Å². The molecule has 0 fully saturated rings. The number of carbonyl (C=O) groups excluding carboxylic acids is 2. The van der Waals surface area contributed by atoms with Crippen molar-refractivity contribution in [2.45, 2.75) is 29.6 Å². The van der Waals surface area contributed by atoms with E-state index in [1.54, 1.807) is 23.8 Å². The summed E-state index contributed by atoms with van der Waals surface area (Å²) in [6.45, 7) is 2.74. The summed E-state index contributed by atoms with van der Waals surface area (Å²) in [6, 6.07) is 19.9. The van der Waals surface area contributed by atoms with Gasteiger partial charge in [0.25, 0.3) is 5.91 Å². The molecule has 0 aromatic heterocycles. The van der Waals surface area contributed by atoms with Crippen molar-refractivity contribution in [2.24, 2.45) is 0 Å². The fraction of sp³-hybridized carbons (Fsp3) is 0.333. The molecule has 3 aromatic rings. The summed E-state index contributed by atoms with van der Waals surface area (Å²) in [6.07, 6.45) is -0.142. The van der Waals surface area contributed by atoms with Gasteiger partial charge in [0.2, 0.25) is 0 Å². The summed E-state index contributed by atoms with van der Waals surface area (Å²) in [5, 5.41) is 1.79. The first-order valence-electron chi connectivity index (χ1n) is 11.3. The van der Waals surface area contributed by atoms with Crippen LogP contribution in [0.15, 0.2) is 65.6 Å². The highest BCUT2D eigenvalue weighted by atomic mass is 35.5. The second-order valence-corrected chi connectivity index (χ2v) is 9.78. The fourth-order valence-corrected chi connectivity index (χ4v) is 5.72. The van der Waals surface area contributed by atoms with E-state index in [2.05, 4.69) is 23.1 Å². The molecule has 1 heterocycles. The topological polar surface area (TPSA) is 59.1 Å². The maximum absolute atomic E-state index is 14.0. The molecular formula is C27H31ClN2O4S. The molecule has 186 valence electrons. The maximum Gasteiger partial charge on any atom is 0.303 e. The van der Waals surface area contributed by atoms with Crippen LogP contribution in [0.3, 0.4) is 0 Å². The van der Waals surface area contributed by atoms with E-state index >= 15 is 0 Å². The maximum atomic E-state index is 14.0. The Labute approximate surface area is 217 Å². The standard InChI is InChI=1S/C27H30N2O4S.ClH/c1-18(30)33-24-25(20-10-13-21(32-4)14-11-20)34-26-22-9-6-5-8-19(22)12-15-23(26)29(27(24)31)17-7-16-28(2)3;/h5-6,8-15,24-25H,7,16-17H2,1-4H3;1H/t24-,25+;/m1./s1. The second-order valence-electron chi connectivity index (χ2n) is 8.62. The van der Waals surface area contributed by atoms with Gasteiger partial charge in [-0.3, -0.25) is 9.59 Å². The lowest BCUT2D eigenvalue weighted by Gasteiger charge is -2.28. The van der Waals surface area contributed by atoms with E-state index in [1.165, 1.54) is 6.92 Å². The van der Waals surface area contributed by atoms with E-state index in [4.69, 9.17) is 9.47 Å². The molecule has 6 nitrogen and oxygen atoms in total. The third-order valence-corrected chi connectivity index (χ3v) is 7.34. The number of fused-ring (bicyclic) bond motifs is 3. The number of hydrogen-bond donors (Lipinski definition) is 0. The average molecular weight is 515 g/mol. The quantitative estimate of drug-likeness (QED) is 0.397.